The number of methoxy groups -OCH3 is 1. The molecular formula is C19H21FN2O4S. The summed E-state index contributed by atoms with van der Waals surface area (Å²) in [4.78, 5) is 11.8. The number of nitrogens with one attached hydrogen (secondary N) is 2. The van der Waals surface area contributed by atoms with Gasteiger partial charge in [0, 0.05) is 11.6 Å². The molecule has 0 saturated heterocycles. The number of anilines is 1. The van der Waals surface area contributed by atoms with Gasteiger partial charge in [-0.2, -0.15) is 0 Å². The molecule has 0 aliphatic heterocycles. The summed E-state index contributed by atoms with van der Waals surface area (Å²) in [6, 6.07) is 9.80. The van der Waals surface area contributed by atoms with Crippen LogP contribution in [-0.2, 0) is 10.0 Å². The van der Waals surface area contributed by atoms with Gasteiger partial charge < -0.3 is 10.1 Å². The van der Waals surface area contributed by atoms with Crippen molar-refractivity contribution in [1.82, 2.24) is 5.32 Å². The number of benzene rings is 2. The van der Waals surface area contributed by atoms with E-state index >= 15 is 0 Å². The maximum atomic E-state index is 14.2. The van der Waals surface area contributed by atoms with Crippen LogP contribution in [-0.4, -0.2) is 27.5 Å². The Bertz CT molecular complexity index is 940. The fourth-order valence-corrected chi connectivity index (χ4v) is 4.29. The van der Waals surface area contributed by atoms with Gasteiger partial charge in [-0.25, -0.2) is 12.8 Å². The van der Waals surface area contributed by atoms with Crippen LogP contribution in [0.25, 0.3) is 0 Å². The summed E-state index contributed by atoms with van der Waals surface area (Å²) in [7, 11) is -2.84. The Morgan fingerprint density at radius 2 is 1.85 bits per heavy atom. The third-order valence-electron chi connectivity index (χ3n) is 4.52. The molecule has 8 heteroatoms. The molecule has 0 unspecified atom stereocenters. The SMILES string of the molecule is COc1ccccc1NS(=O)(=O)c1cc(C(=O)NC2CCCC2)ccc1F. The van der Waals surface area contributed by atoms with Gasteiger partial charge in [0.05, 0.1) is 12.8 Å². The smallest absolute Gasteiger partial charge is 0.264 e. The summed E-state index contributed by atoms with van der Waals surface area (Å²) in [6.07, 6.45) is 3.90. The second-order valence-electron chi connectivity index (χ2n) is 6.41. The molecule has 2 N–H and O–H groups in total. The topological polar surface area (TPSA) is 84.5 Å². The zero-order valence-electron chi connectivity index (χ0n) is 14.9. The van der Waals surface area contributed by atoms with Crippen LogP contribution in [0.5, 0.6) is 5.75 Å². The van der Waals surface area contributed by atoms with Crippen LogP contribution >= 0.6 is 0 Å². The van der Waals surface area contributed by atoms with Gasteiger partial charge in [-0.15, -0.1) is 0 Å². The highest BCUT2D eigenvalue weighted by atomic mass is 32.2. The average molecular weight is 392 g/mol. The first-order valence-corrected chi connectivity index (χ1v) is 10.2. The minimum absolute atomic E-state index is 0.0781. The van der Waals surface area contributed by atoms with E-state index in [-0.39, 0.29) is 17.3 Å². The van der Waals surface area contributed by atoms with Crippen LogP contribution in [0.4, 0.5) is 10.1 Å². The molecule has 0 spiro atoms. The van der Waals surface area contributed by atoms with Gasteiger partial charge in [0.1, 0.15) is 16.5 Å². The van der Waals surface area contributed by atoms with Crippen molar-refractivity contribution in [3.8, 4) is 5.75 Å². The Morgan fingerprint density at radius 3 is 2.56 bits per heavy atom. The predicted octanol–water partition coefficient (Wildman–Crippen LogP) is 3.31. The quantitative estimate of drug-likeness (QED) is 0.790. The molecule has 0 heterocycles. The molecule has 0 aromatic heterocycles. The highest BCUT2D eigenvalue weighted by Gasteiger charge is 2.24. The van der Waals surface area contributed by atoms with E-state index in [1.807, 2.05) is 0 Å². The molecule has 6 nitrogen and oxygen atoms in total. The highest BCUT2D eigenvalue weighted by Crippen LogP contribution is 2.27. The molecule has 0 bridgehead atoms. The second kappa shape index (κ2) is 7.96. The summed E-state index contributed by atoms with van der Waals surface area (Å²) in [5.41, 5.74) is 0.281. The summed E-state index contributed by atoms with van der Waals surface area (Å²) >= 11 is 0. The van der Waals surface area contributed by atoms with Gasteiger partial charge >= 0.3 is 0 Å². The Labute approximate surface area is 157 Å². The number of sulfonamides is 1. The van der Waals surface area contributed by atoms with Gasteiger partial charge in [0.15, 0.2) is 0 Å². The Morgan fingerprint density at radius 1 is 1.15 bits per heavy atom. The maximum Gasteiger partial charge on any atom is 0.264 e. The normalized spacial score (nSPS) is 14.7. The number of para-hydroxylation sites is 2. The number of carbonyl (C=O) groups is 1. The number of halogens is 1. The lowest BCUT2D eigenvalue weighted by Crippen LogP contribution is -2.32. The fourth-order valence-electron chi connectivity index (χ4n) is 3.12. The van der Waals surface area contributed by atoms with Crippen molar-refractivity contribution < 1.29 is 22.3 Å². The summed E-state index contributed by atoms with van der Waals surface area (Å²) in [5, 5.41) is 2.86. The van der Waals surface area contributed by atoms with Gasteiger partial charge in [0.2, 0.25) is 0 Å². The first kappa shape index (κ1) is 19.2. The van der Waals surface area contributed by atoms with Crippen molar-refractivity contribution in [1.29, 1.82) is 0 Å². The minimum atomic E-state index is -4.24. The van der Waals surface area contributed by atoms with Crippen LogP contribution in [0.1, 0.15) is 36.0 Å². The number of hydrogen-bond acceptors (Lipinski definition) is 4. The van der Waals surface area contributed by atoms with Gasteiger partial charge in [-0.3, -0.25) is 9.52 Å². The van der Waals surface area contributed by atoms with Crippen molar-refractivity contribution in [2.75, 3.05) is 11.8 Å². The van der Waals surface area contributed by atoms with Crippen LogP contribution in [0.3, 0.4) is 0 Å². The fraction of sp³-hybridized carbons (Fsp3) is 0.316. The van der Waals surface area contributed by atoms with Crippen molar-refractivity contribution in [3.63, 3.8) is 0 Å². The molecule has 1 fully saturated rings. The van der Waals surface area contributed by atoms with Crippen molar-refractivity contribution >= 4 is 21.6 Å². The molecule has 0 atom stereocenters. The van der Waals surface area contributed by atoms with E-state index in [2.05, 4.69) is 10.0 Å². The Balaban J connectivity index is 1.87. The van der Waals surface area contributed by atoms with E-state index in [1.165, 1.54) is 19.2 Å². The number of rotatable bonds is 6. The number of carbonyl (C=O) groups excluding carboxylic acids is 1. The van der Waals surface area contributed by atoms with Gasteiger partial charge in [-0.1, -0.05) is 25.0 Å². The van der Waals surface area contributed by atoms with Crippen molar-refractivity contribution in [2.24, 2.45) is 0 Å². The molecule has 2 aromatic carbocycles. The molecule has 27 heavy (non-hydrogen) atoms. The largest absolute Gasteiger partial charge is 0.495 e. The van der Waals surface area contributed by atoms with Gasteiger partial charge in [0.25, 0.3) is 15.9 Å². The lowest BCUT2D eigenvalue weighted by Gasteiger charge is -2.14. The van der Waals surface area contributed by atoms with E-state index < -0.39 is 26.6 Å². The summed E-state index contributed by atoms with van der Waals surface area (Å²) in [6.45, 7) is 0. The molecule has 0 radical (unpaired) electrons. The van der Waals surface area contributed by atoms with Gasteiger partial charge in [-0.05, 0) is 43.2 Å². The zero-order valence-corrected chi connectivity index (χ0v) is 15.7. The molecule has 2 aromatic rings. The Kier molecular flexibility index (Phi) is 5.65. The zero-order chi connectivity index (χ0) is 19.4. The number of hydrogen-bond donors (Lipinski definition) is 2. The highest BCUT2D eigenvalue weighted by molar-refractivity contribution is 7.92. The number of ether oxygens (including phenoxy) is 1. The van der Waals surface area contributed by atoms with E-state index in [9.17, 15) is 17.6 Å². The number of amides is 1. The molecule has 3 rings (SSSR count). The monoisotopic (exact) mass is 392 g/mol. The molecule has 1 amide bonds. The molecule has 1 aliphatic carbocycles. The third kappa shape index (κ3) is 4.39. The van der Waals surface area contributed by atoms with Crippen molar-refractivity contribution in [3.05, 3.63) is 53.8 Å². The maximum absolute atomic E-state index is 14.2. The van der Waals surface area contributed by atoms with Crippen LogP contribution < -0.4 is 14.8 Å². The minimum Gasteiger partial charge on any atom is -0.495 e. The predicted molar refractivity (Wildman–Crippen MR) is 99.9 cm³/mol. The Hall–Kier alpha value is -2.61. The van der Waals surface area contributed by atoms with Crippen LogP contribution in [0.2, 0.25) is 0 Å². The summed E-state index contributed by atoms with van der Waals surface area (Å²) < 4.78 is 47.0. The lowest BCUT2D eigenvalue weighted by atomic mass is 10.2. The molecule has 1 saturated carbocycles. The molecule has 1 aliphatic rings. The van der Waals surface area contributed by atoms with Crippen molar-refractivity contribution in [2.45, 2.75) is 36.6 Å². The third-order valence-corrected chi connectivity index (χ3v) is 5.91. The van der Waals surface area contributed by atoms with E-state index in [1.54, 1.807) is 18.2 Å². The average Bonchev–Trinajstić information content (AvgIpc) is 3.15. The van der Waals surface area contributed by atoms with E-state index in [0.29, 0.717) is 5.75 Å². The first-order chi connectivity index (χ1) is 12.9. The lowest BCUT2D eigenvalue weighted by molar-refractivity contribution is 0.0937. The van der Waals surface area contributed by atoms with Crippen LogP contribution in [0, 0.1) is 5.82 Å². The van der Waals surface area contributed by atoms with E-state index in [0.717, 1.165) is 37.8 Å². The summed E-state index contributed by atoms with van der Waals surface area (Å²) in [5.74, 6) is -1.04. The molecular weight excluding hydrogens is 371 g/mol. The van der Waals surface area contributed by atoms with E-state index in [4.69, 9.17) is 4.74 Å². The molecule has 144 valence electrons. The first-order valence-electron chi connectivity index (χ1n) is 8.67. The second-order valence-corrected chi connectivity index (χ2v) is 8.06. The standard InChI is InChI=1S/C19H21FN2O4S/c1-26-17-9-5-4-8-16(17)22-27(24,25)18-12-13(10-11-15(18)20)19(23)21-14-6-2-3-7-14/h4-5,8-12,14,22H,2-3,6-7H2,1H3,(H,21,23). The van der Waals surface area contributed by atoms with Crippen LogP contribution in [0.15, 0.2) is 47.4 Å².